The Balaban J connectivity index is 2.87. The van der Waals surface area contributed by atoms with Crippen LogP contribution in [0.25, 0.3) is 4.96 Å². The maximum absolute atomic E-state index is 11.1. The summed E-state index contributed by atoms with van der Waals surface area (Å²) in [5.41, 5.74) is 0.233. The van der Waals surface area contributed by atoms with Gasteiger partial charge >= 0.3 is 5.97 Å². The van der Waals surface area contributed by atoms with Crippen molar-refractivity contribution in [1.29, 1.82) is 0 Å². The number of fused-ring (bicyclic) bond motifs is 1. The molecule has 0 saturated carbocycles. The fourth-order valence-corrected chi connectivity index (χ4v) is 3.08. The molecule has 0 aliphatic heterocycles. The average Bonchev–Trinajstić information content (AvgIpc) is 2.64. The molecule has 0 spiro atoms. The van der Waals surface area contributed by atoms with Crippen molar-refractivity contribution in [3.63, 3.8) is 0 Å². The second-order valence-corrected chi connectivity index (χ2v) is 6.30. The first-order chi connectivity index (χ1) is 7.32. The number of aryl methyl sites for hydroxylation is 1. The lowest BCUT2D eigenvalue weighted by Crippen LogP contribution is -2.02. The van der Waals surface area contributed by atoms with E-state index in [1.54, 1.807) is 0 Å². The van der Waals surface area contributed by atoms with Crippen LogP contribution in [0.1, 0.15) is 15.4 Å². The number of carboxylic acid groups (broad SMARTS) is 1. The van der Waals surface area contributed by atoms with E-state index in [-0.39, 0.29) is 15.5 Å². The van der Waals surface area contributed by atoms with Gasteiger partial charge in [-0.2, -0.15) is 0 Å². The molecule has 0 atom stereocenters. The third kappa shape index (κ3) is 1.56. The third-order valence-electron chi connectivity index (χ3n) is 1.87. The van der Waals surface area contributed by atoms with Crippen molar-refractivity contribution in [2.45, 2.75) is 12.1 Å². The third-order valence-corrected chi connectivity index (χ3v) is 4.11. The molecule has 16 heavy (non-hydrogen) atoms. The lowest BCUT2D eigenvalue weighted by molar-refractivity contribution is 0.0701. The summed E-state index contributed by atoms with van der Waals surface area (Å²) in [6.07, 6.45) is 0. The molecule has 1 N–H and O–H groups in total. The van der Waals surface area contributed by atoms with Gasteiger partial charge in [-0.25, -0.2) is 13.2 Å². The fraction of sp³-hybridized carbons (Fsp3) is 0.167. The Morgan fingerprint density at radius 2 is 2.12 bits per heavy atom. The number of thiazole rings is 1. The summed E-state index contributed by atoms with van der Waals surface area (Å²) in [6.45, 7) is 1.46. The van der Waals surface area contributed by atoms with Gasteiger partial charge in [0.1, 0.15) is 4.88 Å². The average molecular weight is 282 g/mol. The zero-order chi connectivity index (χ0) is 12.1. The lowest BCUT2D eigenvalue weighted by Gasteiger charge is -1.94. The number of aromatic carboxylic acids is 1. The minimum absolute atomic E-state index is 0.00599. The number of carbonyl (C=O) groups is 1. The molecule has 2 aromatic rings. The monoisotopic (exact) mass is 281 g/mol. The number of hydrogen-bond donors (Lipinski definition) is 1. The van der Waals surface area contributed by atoms with Gasteiger partial charge in [0.2, 0.25) is 4.96 Å². The van der Waals surface area contributed by atoms with Crippen molar-refractivity contribution < 1.29 is 18.3 Å². The predicted molar refractivity (Wildman–Crippen MR) is 55.6 cm³/mol. The van der Waals surface area contributed by atoms with Crippen molar-refractivity contribution >= 4 is 42.0 Å². The highest BCUT2D eigenvalue weighted by Crippen LogP contribution is 2.25. The molecular formula is C6H4ClN3O4S2. The lowest BCUT2D eigenvalue weighted by atomic mass is 10.4. The molecule has 0 aromatic carbocycles. The van der Waals surface area contributed by atoms with Crippen molar-refractivity contribution in [3.8, 4) is 0 Å². The molecule has 0 radical (unpaired) electrons. The van der Waals surface area contributed by atoms with Crippen LogP contribution in [0, 0.1) is 6.92 Å². The molecule has 86 valence electrons. The van der Waals surface area contributed by atoms with E-state index in [1.807, 2.05) is 0 Å². The number of rotatable bonds is 2. The van der Waals surface area contributed by atoms with Crippen LogP contribution in [-0.4, -0.2) is 34.1 Å². The molecule has 2 aromatic heterocycles. The van der Waals surface area contributed by atoms with Crippen LogP contribution in [0.2, 0.25) is 0 Å². The Hall–Kier alpha value is -1.19. The Morgan fingerprint density at radius 3 is 2.62 bits per heavy atom. The van der Waals surface area contributed by atoms with E-state index in [0.717, 1.165) is 15.7 Å². The summed E-state index contributed by atoms with van der Waals surface area (Å²) in [5, 5.41) is 15.3. The second kappa shape index (κ2) is 3.40. The van der Waals surface area contributed by atoms with Gasteiger partial charge < -0.3 is 5.11 Å². The molecule has 0 aliphatic rings. The first-order valence-electron chi connectivity index (χ1n) is 3.85. The van der Waals surface area contributed by atoms with E-state index in [2.05, 4.69) is 10.2 Å². The molecule has 7 nitrogen and oxygen atoms in total. The smallest absolute Gasteiger partial charge is 0.347 e. The second-order valence-electron chi connectivity index (χ2n) is 2.86. The summed E-state index contributed by atoms with van der Waals surface area (Å²) in [4.78, 5) is 11.0. The molecule has 0 amide bonds. The highest BCUT2D eigenvalue weighted by Gasteiger charge is 2.25. The fourth-order valence-electron chi connectivity index (χ4n) is 1.23. The SMILES string of the molecule is Cc1c(C(=O)O)sc2nnc(S(=O)(=O)Cl)n12. The maximum Gasteiger partial charge on any atom is 0.347 e. The summed E-state index contributed by atoms with van der Waals surface area (Å²) in [5.74, 6) is -1.15. The van der Waals surface area contributed by atoms with Crippen LogP contribution in [0.15, 0.2) is 5.16 Å². The topological polar surface area (TPSA) is 102 Å². The first-order valence-corrected chi connectivity index (χ1v) is 6.97. The Labute approximate surface area is 97.7 Å². The Kier molecular flexibility index (Phi) is 2.40. The predicted octanol–water partition coefficient (Wildman–Crippen LogP) is 0.725. The summed E-state index contributed by atoms with van der Waals surface area (Å²) < 4.78 is 23.4. The molecule has 0 unspecified atom stereocenters. The van der Waals surface area contributed by atoms with Crippen molar-refractivity contribution in [2.24, 2.45) is 0 Å². The minimum Gasteiger partial charge on any atom is -0.477 e. The molecular weight excluding hydrogens is 278 g/mol. The van der Waals surface area contributed by atoms with Crippen LogP contribution < -0.4 is 0 Å². The normalized spacial score (nSPS) is 12.1. The van der Waals surface area contributed by atoms with Crippen LogP contribution in [0.3, 0.4) is 0 Å². The van der Waals surface area contributed by atoms with Crippen LogP contribution in [0.4, 0.5) is 0 Å². The van der Waals surface area contributed by atoms with Gasteiger partial charge in [0.15, 0.2) is 0 Å². The van der Waals surface area contributed by atoms with E-state index in [0.29, 0.717) is 0 Å². The molecule has 0 saturated heterocycles. The van der Waals surface area contributed by atoms with Crippen molar-refractivity contribution in [3.05, 3.63) is 10.6 Å². The molecule has 10 heteroatoms. The Bertz CT molecular complexity index is 686. The molecule has 2 rings (SSSR count). The largest absolute Gasteiger partial charge is 0.477 e. The molecule has 0 bridgehead atoms. The molecule has 2 heterocycles. The van der Waals surface area contributed by atoms with E-state index in [1.165, 1.54) is 6.92 Å². The van der Waals surface area contributed by atoms with Crippen molar-refractivity contribution in [2.75, 3.05) is 0 Å². The zero-order valence-corrected chi connectivity index (χ0v) is 10.1. The minimum atomic E-state index is -4.05. The number of carboxylic acids is 1. The van der Waals surface area contributed by atoms with E-state index in [4.69, 9.17) is 15.8 Å². The standard InChI is InChI=1S/C6H4ClN3O4S2/c1-2-3(4(11)12)15-5-8-9-6(10(2)5)16(7,13)14/h1H3,(H,11,12). The van der Waals surface area contributed by atoms with Gasteiger partial charge in [0.05, 0.1) is 0 Å². The quantitative estimate of drug-likeness (QED) is 0.814. The van der Waals surface area contributed by atoms with Crippen molar-refractivity contribution in [1.82, 2.24) is 14.6 Å². The number of nitrogens with zero attached hydrogens (tertiary/aromatic N) is 3. The van der Waals surface area contributed by atoms with E-state index >= 15 is 0 Å². The van der Waals surface area contributed by atoms with Gasteiger partial charge in [-0.05, 0) is 6.92 Å². The van der Waals surface area contributed by atoms with Gasteiger partial charge in [0, 0.05) is 16.4 Å². The van der Waals surface area contributed by atoms with Gasteiger partial charge in [-0.1, -0.05) is 11.3 Å². The van der Waals surface area contributed by atoms with Crippen LogP contribution >= 0.6 is 22.0 Å². The first kappa shape index (κ1) is 11.3. The highest BCUT2D eigenvalue weighted by molar-refractivity contribution is 8.13. The van der Waals surface area contributed by atoms with Gasteiger partial charge in [-0.15, -0.1) is 10.2 Å². The van der Waals surface area contributed by atoms with E-state index < -0.39 is 20.2 Å². The molecule has 0 aliphatic carbocycles. The summed E-state index contributed by atoms with van der Waals surface area (Å²) in [6, 6.07) is 0. The zero-order valence-electron chi connectivity index (χ0n) is 7.71. The molecule has 0 fully saturated rings. The summed E-state index contributed by atoms with van der Waals surface area (Å²) in [7, 11) is 1.10. The van der Waals surface area contributed by atoms with Gasteiger partial charge in [0.25, 0.3) is 14.2 Å². The van der Waals surface area contributed by atoms with Crippen LogP contribution in [-0.2, 0) is 9.05 Å². The maximum atomic E-state index is 11.1. The number of halogens is 1. The van der Waals surface area contributed by atoms with Gasteiger partial charge in [-0.3, -0.25) is 4.40 Å². The highest BCUT2D eigenvalue weighted by atomic mass is 35.7. The number of aromatic nitrogens is 3. The van der Waals surface area contributed by atoms with E-state index in [9.17, 15) is 13.2 Å². The summed E-state index contributed by atoms with van der Waals surface area (Å²) >= 11 is 0.836. The van der Waals surface area contributed by atoms with Crippen LogP contribution in [0.5, 0.6) is 0 Å². The Morgan fingerprint density at radius 1 is 1.50 bits per heavy atom. The number of hydrogen-bond acceptors (Lipinski definition) is 6.